The summed E-state index contributed by atoms with van der Waals surface area (Å²) in [4.78, 5) is 37.3. The molecule has 1 amide bonds. The van der Waals surface area contributed by atoms with Gasteiger partial charge >= 0.3 is 5.97 Å². The van der Waals surface area contributed by atoms with Crippen LogP contribution in [0, 0.1) is 0 Å². The molecular weight excluding hydrogens is 512 g/mol. The van der Waals surface area contributed by atoms with Crippen molar-refractivity contribution in [1.29, 1.82) is 0 Å². The van der Waals surface area contributed by atoms with Crippen molar-refractivity contribution in [1.82, 2.24) is 20.3 Å². The Morgan fingerprint density at radius 2 is 1.77 bits per heavy atom. The van der Waals surface area contributed by atoms with E-state index < -0.39 is 11.9 Å². The van der Waals surface area contributed by atoms with Crippen LogP contribution in [0.1, 0.15) is 54.6 Å². The fourth-order valence-electron chi connectivity index (χ4n) is 4.37. The van der Waals surface area contributed by atoms with Crippen molar-refractivity contribution in [3.05, 3.63) is 87.8 Å². The summed E-state index contributed by atoms with van der Waals surface area (Å²) in [6.07, 6.45) is 1.83. The first-order chi connectivity index (χ1) is 18.5. The van der Waals surface area contributed by atoms with Crippen molar-refractivity contribution in [3.63, 3.8) is 0 Å². The minimum Gasteiger partial charge on any atom is -0.508 e. The number of phenolic OH excluding ortho intramolecular Hbond substituents is 1. The van der Waals surface area contributed by atoms with E-state index in [1.807, 2.05) is 27.0 Å². The van der Waals surface area contributed by atoms with Gasteiger partial charge in [-0.1, -0.05) is 39.5 Å². The fourth-order valence-corrected chi connectivity index (χ4v) is 4.37. The number of carbonyl (C=O) groups excluding carboxylic acids is 1. The minimum atomic E-state index is -1.22. The van der Waals surface area contributed by atoms with Gasteiger partial charge in [-0.05, 0) is 42.0 Å². The average Bonchev–Trinajstić information content (AvgIpc) is 3.36. The third-order valence-corrected chi connectivity index (χ3v) is 6.39. The van der Waals surface area contributed by atoms with E-state index in [4.69, 9.17) is 4.42 Å². The Balaban J connectivity index is 0.00000370. The molecule has 2 heterocycles. The van der Waals surface area contributed by atoms with Gasteiger partial charge in [0.25, 0.3) is 5.91 Å². The van der Waals surface area contributed by atoms with Crippen molar-refractivity contribution in [2.45, 2.75) is 40.2 Å². The number of nitrogens with one attached hydrogen (secondary N) is 1. The Morgan fingerprint density at radius 1 is 1.02 bits per heavy atom. The van der Waals surface area contributed by atoms with Crippen LogP contribution in [0.15, 0.2) is 70.0 Å². The molecule has 1 aromatic heterocycles. The smallest absolute Gasteiger partial charge is 0.336 e. The second-order valence-electron chi connectivity index (χ2n) is 10.3. The number of aromatic nitrogens is 3. The minimum absolute atomic E-state index is 0. The zero-order valence-corrected chi connectivity index (χ0v) is 21.6. The van der Waals surface area contributed by atoms with Gasteiger partial charge in [0.15, 0.2) is 5.43 Å². The quantitative estimate of drug-likeness (QED) is 0.256. The maximum Gasteiger partial charge on any atom is 0.336 e. The number of amides is 1. The molecule has 0 saturated carbocycles. The maximum absolute atomic E-state index is 12.9. The third-order valence-electron chi connectivity index (χ3n) is 6.39. The Bertz CT molecular complexity index is 1760. The number of aromatic hydroxyl groups is 1. The number of carboxylic acid groups (broad SMARTS) is 1. The van der Waals surface area contributed by atoms with Crippen LogP contribution in [0.2, 0.25) is 0 Å². The van der Waals surface area contributed by atoms with Gasteiger partial charge in [-0.15, -0.1) is 5.10 Å². The van der Waals surface area contributed by atoms with Gasteiger partial charge in [0, 0.05) is 52.4 Å². The molecule has 10 nitrogen and oxygen atoms in total. The second-order valence-corrected chi connectivity index (χ2v) is 10.3. The topological polar surface area (TPSA) is 148 Å². The number of phenols is 1. The van der Waals surface area contributed by atoms with Crippen molar-refractivity contribution < 1.29 is 24.2 Å². The van der Waals surface area contributed by atoms with Gasteiger partial charge in [0.05, 0.1) is 17.8 Å². The Hall–Kier alpha value is -4.99. The van der Waals surface area contributed by atoms with E-state index in [9.17, 15) is 24.6 Å². The fraction of sp³-hybridized carbons (Fsp3) is 0.233. The second kappa shape index (κ2) is 10.6. The predicted octanol–water partition coefficient (Wildman–Crippen LogP) is 4.92. The summed E-state index contributed by atoms with van der Waals surface area (Å²) >= 11 is 0. The zero-order chi connectivity index (χ0) is 27.9. The molecule has 1 aliphatic heterocycles. The van der Waals surface area contributed by atoms with Gasteiger partial charge in [-0.25, -0.2) is 4.79 Å². The Kier molecular flexibility index (Phi) is 7.46. The molecule has 206 valence electrons. The SMILES string of the molecule is C.CC(C)(C)c1cn(CCNC(=O)c2ccc(-c3c4ccc(=O)cc-4oc4cc(O)ccc34)c(C(=O)O)c2)nn1. The lowest BCUT2D eigenvalue weighted by Crippen LogP contribution is -2.27. The number of fused-ring (bicyclic) bond motifs is 2. The Labute approximate surface area is 230 Å². The molecule has 3 aromatic rings. The molecule has 40 heavy (non-hydrogen) atoms. The van der Waals surface area contributed by atoms with E-state index >= 15 is 0 Å². The van der Waals surface area contributed by atoms with Crippen LogP contribution in [0.25, 0.3) is 33.4 Å². The van der Waals surface area contributed by atoms with Crippen LogP contribution in [0.3, 0.4) is 0 Å². The van der Waals surface area contributed by atoms with Gasteiger partial charge in [0.2, 0.25) is 0 Å². The summed E-state index contributed by atoms with van der Waals surface area (Å²) in [7, 11) is 0. The number of aromatic carboxylic acids is 1. The summed E-state index contributed by atoms with van der Waals surface area (Å²) in [5.41, 5.74) is 2.16. The molecule has 1 aliphatic carbocycles. The monoisotopic (exact) mass is 542 g/mol. The van der Waals surface area contributed by atoms with Crippen molar-refractivity contribution in [3.8, 4) is 28.2 Å². The van der Waals surface area contributed by atoms with Gasteiger partial charge < -0.3 is 19.9 Å². The molecule has 0 radical (unpaired) electrons. The summed E-state index contributed by atoms with van der Waals surface area (Å²) in [5, 5.41) is 31.7. The number of hydrogen-bond donors (Lipinski definition) is 3. The van der Waals surface area contributed by atoms with E-state index in [2.05, 4.69) is 15.6 Å². The highest BCUT2D eigenvalue weighted by molar-refractivity contribution is 6.09. The van der Waals surface area contributed by atoms with E-state index in [0.29, 0.717) is 28.6 Å². The first-order valence-electron chi connectivity index (χ1n) is 12.3. The molecule has 0 spiro atoms. The number of nitrogens with zero attached hydrogens (tertiary/aromatic N) is 3. The largest absolute Gasteiger partial charge is 0.508 e. The summed E-state index contributed by atoms with van der Waals surface area (Å²) in [6.45, 7) is 6.78. The zero-order valence-electron chi connectivity index (χ0n) is 21.6. The Morgan fingerprint density at radius 3 is 2.48 bits per heavy atom. The van der Waals surface area contributed by atoms with Gasteiger partial charge in [-0.2, -0.15) is 0 Å². The number of benzene rings is 3. The first kappa shape index (κ1) is 28.0. The van der Waals surface area contributed by atoms with Gasteiger partial charge in [0.1, 0.15) is 17.1 Å². The van der Waals surface area contributed by atoms with E-state index in [-0.39, 0.29) is 53.0 Å². The van der Waals surface area contributed by atoms with Gasteiger partial charge in [-0.3, -0.25) is 14.3 Å². The molecule has 3 N–H and O–H groups in total. The molecule has 0 unspecified atom stereocenters. The molecule has 0 fully saturated rings. The molecule has 5 rings (SSSR count). The van der Waals surface area contributed by atoms with E-state index in [1.54, 1.807) is 28.9 Å². The van der Waals surface area contributed by atoms with Crippen molar-refractivity contribution in [2.75, 3.05) is 6.54 Å². The molecule has 0 bridgehead atoms. The molecule has 2 aliphatic rings. The van der Waals surface area contributed by atoms with Crippen LogP contribution >= 0.6 is 0 Å². The highest BCUT2D eigenvalue weighted by Gasteiger charge is 2.23. The summed E-state index contributed by atoms with van der Waals surface area (Å²) in [6, 6.07) is 13.2. The van der Waals surface area contributed by atoms with Crippen LogP contribution in [-0.2, 0) is 12.0 Å². The van der Waals surface area contributed by atoms with E-state index in [0.717, 1.165) is 5.69 Å². The number of rotatable bonds is 6. The lowest BCUT2D eigenvalue weighted by atomic mass is 9.90. The molecular formula is C30H30N4O6. The number of carboxylic acids is 1. The molecule has 0 atom stereocenters. The summed E-state index contributed by atoms with van der Waals surface area (Å²) < 4.78 is 7.50. The summed E-state index contributed by atoms with van der Waals surface area (Å²) in [5.74, 6) is -1.45. The third kappa shape index (κ3) is 5.42. The lowest BCUT2D eigenvalue weighted by Gasteiger charge is -2.17. The molecule has 0 saturated heterocycles. The lowest BCUT2D eigenvalue weighted by molar-refractivity contribution is 0.0697. The standard InChI is InChI=1S/C29H26N4O6.CH4/c1-29(2,3)25-15-33(32-31-25)11-10-30-27(36)16-4-7-19(22(12-16)28(37)38)26-20-8-5-17(34)13-23(20)39-24-14-18(35)6-9-21(24)26;/h4-9,12-15,34H,10-11H2,1-3H3,(H,30,36)(H,37,38);1H4. The van der Waals surface area contributed by atoms with Crippen LogP contribution in [0.5, 0.6) is 5.75 Å². The number of hydrogen-bond acceptors (Lipinski definition) is 7. The molecule has 2 aromatic carbocycles. The van der Waals surface area contributed by atoms with Crippen LogP contribution in [-0.4, -0.2) is 43.6 Å². The average molecular weight is 543 g/mol. The highest BCUT2D eigenvalue weighted by atomic mass is 16.4. The van der Waals surface area contributed by atoms with Crippen molar-refractivity contribution in [2.24, 2.45) is 0 Å². The van der Waals surface area contributed by atoms with Crippen LogP contribution in [0.4, 0.5) is 0 Å². The van der Waals surface area contributed by atoms with Crippen molar-refractivity contribution >= 4 is 22.8 Å². The predicted molar refractivity (Wildman–Crippen MR) is 151 cm³/mol. The molecule has 10 heteroatoms. The first-order valence-corrected chi connectivity index (χ1v) is 12.3. The number of carbonyl (C=O) groups is 2. The van der Waals surface area contributed by atoms with Crippen LogP contribution < -0.4 is 10.7 Å². The highest BCUT2D eigenvalue weighted by Crippen LogP contribution is 2.42. The normalized spacial score (nSPS) is 11.4. The van der Waals surface area contributed by atoms with E-state index in [1.165, 1.54) is 30.3 Å². The maximum atomic E-state index is 12.9.